The van der Waals surface area contributed by atoms with Crippen LogP contribution in [0.1, 0.15) is 50.2 Å². The van der Waals surface area contributed by atoms with E-state index in [1.165, 1.54) is 24.0 Å². The van der Waals surface area contributed by atoms with Crippen molar-refractivity contribution in [3.8, 4) is 11.5 Å². The summed E-state index contributed by atoms with van der Waals surface area (Å²) in [5, 5.41) is 3.17. The Balaban J connectivity index is 1.51. The Kier molecular flexibility index (Phi) is 10.6. The lowest BCUT2D eigenvalue weighted by Gasteiger charge is -2.35. The molecule has 1 heterocycles. The number of hydrogen-bond acceptors (Lipinski definition) is 6. The van der Waals surface area contributed by atoms with Crippen molar-refractivity contribution in [3.05, 3.63) is 89.7 Å². The maximum absolute atomic E-state index is 14.4. The van der Waals surface area contributed by atoms with Crippen LogP contribution < -0.4 is 19.1 Å². The molecular formula is C34H40FN3O6S. The molecule has 2 amide bonds. The van der Waals surface area contributed by atoms with Gasteiger partial charge in [0.15, 0.2) is 11.5 Å². The molecule has 1 unspecified atom stereocenters. The zero-order chi connectivity index (χ0) is 31.8. The highest BCUT2D eigenvalue weighted by Crippen LogP contribution is 2.35. The number of carbonyl (C=O) groups excluding carboxylic acids is 2. The number of benzene rings is 3. The third-order valence-corrected chi connectivity index (χ3v) is 10.0. The first-order valence-corrected chi connectivity index (χ1v) is 17.1. The van der Waals surface area contributed by atoms with Crippen LogP contribution in [0.15, 0.2) is 72.8 Å². The second kappa shape index (κ2) is 14.8. The molecule has 3 aromatic carbocycles. The van der Waals surface area contributed by atoms with E-state index in [2.05, 4.69) is 5.32 Å². The van der Waals surface area contributed by atoms with Gasteiger partial charge in [-0.15, -0.1) is 0 Å². The summed E-state index contributed by atoms with van der Waals surface area (Å²) >= 11 is 0. The largest absolute Gasteiger partial charge is 0.486 e. The molecule has 3 aromatic rings. The molecule has 2 aliphatic rings. The van der Waals surface area contributed by atoms with Gasteiger partial charge >= 0.3 is 0 Å². The maximum atomic E-state index is 14.4. The summed E-state index contributed by atoms with van der Waals surface area (Å²) < 4.78 is 53.1. The average Bonchev–Trinajstić information content (AvgIpc) is 3.06. The Labute approximate surface area is 264 Å². The molecule has 240 valence electrons. The van der Waals surface area contributed by atoms with Crippen molar-refractivity contribution in [2.24, 2.45) is 0 Å². The van der Waals surface area contributed by atoms with E-state index < -0.39 is 34.3 Å². The van der Waals surface area contributed by atoms with E-state index in [1.807, 2.05) is 30.3 Å². The Morgan fingerprint density at radius 2 is 1.60 bits per heavy atom. The fourth-order valence-corrected chi connectivity index (χ4v) is 6.85. The summed E-state index contributed by atoms with van der Waals surface area (Å²) in [6.07, 6.45) is 5.11. The van der Waals surface area contributed by atoms with Gasteiger partial charge < -0.3 is 19.7 Å². The first-order chi connectivity index (χ1) is 21.7. The molecule has 0 bridgehead atoms. The molecule has 5 rings (SSSR count). The number of nitrogens with one attached hydrogen (secondary N) is 1. The van der Waals surface area contributed by atoms with Crippen LogP contribution in [0.25, 0.3) is 0 Å². The fourth-order valence-electron chi connectivity index (χ4n) is 5.79. The summed E-state index contributed by atoms with van der Waals surface area (Å²) in [7, 11) is -3.94. The van der Waals surface area contributed by atoms with E-state index in [4.69, 9.17) is 9.47 Å². The number of anilines is 1. The maximum Gasteiger partial charge on any atom is 0.244 e. The smallest absolute Gasteiger partial charge is 0.244 e. The zero-order valence-electron chi connectivity index (χ0n) is 25.5. The van der Waals surface area contributed by atoms with Crippen molar-refractivity contribution >= 4 is 27.5 Å². The number of carbonyl (C=O) groups is 2. The lowest BCUT2D eigenvalue weighted by molar-refractivity contribution is -0.140. The van der Waals surface area contributed by atoms with Crippen LogP contribution in [0.3, 0.4) is 0 Å². The van der Waals surface area contributed by atoms with Crippen LogP contribution in [0.4, 0.5) is 10.1 Å². The predicted octanol–water partition coefficient (Wildman–Crippen LogP) is 4.84. The van der Waals surface area contributed by atoms with Gasteiger partial charge in [0, 0.05) is 25.1 Å². The van der Waals surface area contributed by atoms with E-state index in [0.29, 0.717) is 30.3 Å². The predicted molar refractivity (Wildman–Crippen MR) is 170 cm³/mol. The Morgan fingerprint density at radius 1 is 0.911 bits per heavy atom. The quantitative estimate of drug-likeness (QED) is 0.305. The van der Waals surface area contributed by atoms with Crippen LogP contribution in [-0.2, 0) is 32.6 Å². The van der Waals surface area contributed by atoms with Crippen LogP contribution >= 0.6 is 0 Å². The number of halogens is 1. The van der Waals surface area contributed by atoms with Gasteiger partial charge in [0.05, 0.1) is 11.4 Å². The molecule has 0 aromatic heterocycles. The minimum atomic E-state index is -3.94. The zero-order valence-corrected chi connectivity index (χ0v) is 26.3. The molecule has 0 saturated heterocycles. The molecule has 1 fully saturated rings. The first kappa shape index (κ1) is 32.3. The second-order valence-electron chi connectivity index (χ2n) is 11.4. The van der Waals surface area contributed by atoms with Crippen molar-refractivity contribution in [2.75, 3.05) is 29.8 Å². The van der Waals surface area contributed by atoms with E-state index >= 15 is 0 Å². The van der Waals surface area contributed by atoms with Crippen molar-refractivity contribution in [2.45, 2.75) is 64.1 Å². The Bertz CT molecular complexity index is 1560. The number of fused-ring (bicyclic) bond motifs is 1. The van der Waals surface area contributed by atoms with Gasteiger partial charge in [-0.2, -0.15) is 0 Å². The average molecular weight is 638 g/mol. The van der Waals surface area contributed by atoms with E-state index in [-0.39, 0.29) is 36.4 Å². The number of ether oxygens (including phenoxy) is 2. The summed E-state index contributed by atoms with van der Waals surface area (Å²) in [5.74, 6) is -0.657. The van der Waals surface area contributed by atoms with Crippen LogP contribution in [0.2, 0.25) is 0 Å². The summed E-state index contributed by atoms with van der Waals surface area (Å²) in [6, 6.07) is 18.9. The number of nitrogens with zero attached hydrogens (tertiary/aromatic N) is 2. The third-order valence-electron chi connectivity index (χ3n) is 8.28. The molecule has 1 aliphatic heterocycles. The Morgan fingerprint density at radius 3 is 2.29 bits per heavy atom. The van der Waals surface area contributed by atoms with E-state index in [0.717, 1.165) is 42.0 Å². The highest BCUT2D eigenvalue weighted by atomic mass is 32.2. The normalized spacial score (nSPS) is 15.6. The van der Waals surface area contributed by atoms with Crippen LogP contribution in [0.5, 0.6) is 11.5 Å². The standard InChI is InChI=1S/C34H40FN3O6S/c1-2-45(41,42)38(29-17-18-31-32(22-29)44-20-19-43-31)24-33(39)37(23-26-13-15-27(35)16-14-26)30(21-25-9-5-3-6-10-25)34(40)36-28-11-7-4-8-12-28/h3,5-6,9-10,13-18,22,28,30H,2,4,7-8,11-12,19-21,23-24H2,1H3,(H,36,40). The number of hydrogen-bond donors (Lipinski definition) is 1. The molecule has 9 nitrogen and oxygen atoms in total. The van der Waals surface area contributed by atoms with Gasteiger partial charge in [-0.3, -0.25) is 13.9 Å². The minimum Gasteiger partial charge on any atom is -0.486 e. The van der Waals surface area contributed by atoms with Gasteiger partial charge in [-0.1, -0.05) is 61.7 Å². The topological polar surface area (TPSA) is 105 Å². The lowest BCUT2D eigenvalue weighted by atomic mass is 9.94. The number of rotatable bonds is 12. The van der Waals surface area contributed by atoms with Crippen LogP contribution in [0, 0.1) is 5.82 Å². The number of amides is 2. The molecule has 0 radical (unpaired) electrons. The Hall–Kier alpha value is -4.12. The van der Waals surface area contributed by atoms with Crippen molar-refractivity contribution in [1.29, 1.82) is 0 Å². The molecule has 0 spiro atoms. The SMILES string of the molecule is CCS(=O)(=O)N(CC(=O)N(Cc1ccc(F)cc1)C(Cc1ccccc1)C(=O)NC1CCCCC1)c1ccc2c(c1)OCCO2. The van der Waals surface area contributed by atoms with Crippen molar-refractivity contribution < 1.29 is 31.9 Å². The van der Waals surface area contributed by atoms with E-state index in [9.17, 15) is 22.4 Å². The van der Waals surface area contributed by atoms with Gasteiger partial charge in [0.25, 0.3) is 0 Å². The van der Waals surface area contributed by atoms with E-state index in [1.54, 1.807) is 30.3 Å². The molecule has 1 aliphatic carbocycles. The van der Waals surface area contributed by atoms with Crippen molar-refractivity contribution in [1.82, 2.24) is 10.2 Å². The molecule has 45 heavy (non-hydrogen) atoms. The number of sulfonamides is 1. The molecule has 11 heteroatoms. The highest BCUT2D eigenvalue weighted by molar-refractivity contribution is 7.92. The summed E-state index contributed by atoms with van der Waals surface area (Å²) in [4.78, 5) is 29.9. The fraction of sp³-hybridized carbons (Fsp3) is 0.412. The highest BCUT2D eigenvalue weighted by Gasteiger charge is 2.35. The second-order valence-corrected chi connectivity index (χ2v) is 13.6. The molecule has 1 saturated carbocycles. The summed E-state index contributed by atoms with van der Waals surface area (Å²) in [5.41, 5.74) is 1.71. The lowest BCUT2D eigenvalue weighted by Crippen LogP contribution is -2.55. The summed E-state index contributed by atoms with van der Waals surface area (Å²) in [6.45, 7) is 1.65. The minimum absolute atomic E-state index is 0.00183. The van der Waals surface area contributed by atoms with Gasteiger partial charge in [0.1, 0.15) is 31.6 Å². The molecule has 1 atom stereocenters. The van der Waals surface area contributed by atoms with Gasteiger partial charge in [-0.25, -0.2) is 12.8 Å². The molecule has 1 N–H and O–H groups in total. The van der Waals surface area contributed by atoms with Crippen molar-refractivity contribution in [3.63, 3.8) is 0 Å². The first-order valence-electron chi connectivity index (χ1n) is 15.5. The van der Waals surface area contributed by atoms with Crippen LogP contribution in [-0.4, -0.2) is 62.7 Å². The molecular weight excluding hydrogens is 597 g/mol. The monoisotopic (exact) mass is 637 g/mol. The van der Waals surface area contributed by atoms with Gasteiger partial charge in [0.2, 0.25) is 21.8 Å². The third kappa shape index (κ3) is 8.33. The van der Waals surface area contributed by atoms with Gasteiger partial charge in [-0.05, 0) is 55.2 Å².